The van der Waals surface area contributed by atoms with E-state index in [1.54, 1.807) is 4.90 Å². The number of carbonyl (C=O) groups is 1. The van der Waals surface area contributed by atoms with E-state index < -0.39 is 0 Å². The first-order chi connectivity index (χ1) is 6.63. The second-order valence-corrected chi connectivity index (χ2v) is 4.21. The first-order valence-corrected chi connectivity index (χ1v) is 5.38. The molecular formula is C10H21N3O. The van der Waals surface area contributed by atoms with Gasteiger partial charge in [-0.2, -0.15) is 0 Å². The van der Waals surface area contributed by atoms with Crippen LogP contribution in [0, 0.1) is 5.92 Å². The molecule has 4 heteroatoms. The lowest BCUT2D eigenvalue weighted by Crippen LogP contribution is -2.46. The van der Waals surface area contributed by atoms with Crippen LogP contribution in [0.2, 0.25) is 0 Å². The van der Waals surface area contributed by atoms with Crippen molar-refractivity contribution in [1.29, 1.82) is 0 Å². The topological polar surface area (TPSA) is 58.4 Å². The summed E-state index contributed by atoms with van der Waals surface area (Å²) in [6.07, 6.45) is 3.10. The summed E-state index contributed by atoms with van der Waals surface area (Å²) >= 11 is 0. The molecule has 1 aliphatic rings. The summed E-state index contributed by atoms with van der Waals surface area (Å²) in [5.41, 5.74) is 5.68. The van der Waals surface area contributed by atoms with Gasteiger partial charge in [-0.25, -0.2) is 4.79 Å². The molecule has 0 heterocycles. The summed E-state index contributed by atoms with van der Waals surface area (Å²) in [6, 6.07) is 0.402. The maximum atomic E-state index is 11.4. The number of hydrogen-bond donors (Lipinski definition) is 2. The van der Waals surface area contributed by atoms with Crippen LogP contribution in [-0.4, -0.2) is 37.1 Å². The third kappa shape index (κ3) is 3.18. The Morgan fingerprint density at radius 3 is 2.71 bits per heavy atom. The number of amides is 2. The smallest absolute Gasteiger partial charge is 0.317 e. The number of nitrogens with two attached hydrogens (primary N) is 1. The summed E-state index contributed by atoms with van der Waals surface area (Å²) in [6.45, 7) is 3.64. The Labute approximate surface area is 85.8 Å². The summed E-state index contributed by atoms with van der Waals surface area (Å²) in [7, 11) is 1.84. The lowest BCUT2D eigenvalue weighted by atomic mass is 9.81. The predicted molar refractivity (Wildman–Crippen MR) is 57.0 cm³/mol. The minimum atomic E-state index is 0.0346. The molecule has 0 aromatic rings. The highest BCUT2D eigenvalue weighted by Crippen LogP contribution is 2.25. The molecule has 2 amide bonds. The van der Waals surface area contributed by atoms with Gasteiger partial charge in [0.25, 0.3) is 0 Å². The van der Waals surface area contributed by atoms with E-state index in [0.717, 1.165) is 32.4 Å². The van der Waals surface area contributed by atoms with E-state index in [-0.39, 0.29) is 6.03 Å². The zero-order chi connectivity index (χ0) is 10.6. The number of urea groups is 1. The van der Waals surface area contributed by atoms with Gasteiger partial charge in [0.1, 0.15) is 0 Å². The van der Waals surface area contributed by atoms with Gasteiger partial charge in [-0.3, -0.25) is 0 Å². The molecule has 0 bridgehead atoms. The fraction of sp³-hybridized carbons (Fsp3) is 0.900. The van der Waals surface area contributed by atoms with Gasteiger partial charge in [0.15, 0.2) is 0 Å². The van der Waals surface area contributed by atoms with Crippen molar-refractivity contribution in [3.63, 3.8) is 0 Å². The standard InChI is InChI=1S/C10H21N3O/c1-3-4-12-10(14)13(2)7-8-5-9(11)6-8/h8-9H,3-7,11H2,1-2H3,(H,12,14). The highest BCUT2D eigenvalue weighted by molar-refractivity contribution is 5.73. The lowest BCUT2D eigenvalue weighted by molar-refractivity contribution is 0.172. The maximum absolute atomic E-state index is 11.4. The highest BCUT2D eigenvalue weighted by atomic mass is 16.2. The molecule has 1 aliphatic carbocycles. The zero-order valence-electron chi connectivity index (χ0n) is 9.12. The Kier molecular flexibility index (Phi) is 4.20. The molecule has 0 saturated heterocycles. The van der Waals surface area contributed by atoms with Crippen molar-refractivity contribution in [3.8, 4) is 0 Å². The number of nitrogens with zero attached hydrogens (tertiary/aromatic N) is 1. The fourth-order valence-electron chi connectivity index (χ4n) is 1.77. The minimum absolute atomic E-state index is 0.0346. The van der Waals surface area contributed by atoms with Gasteiger partial charge >= 0.3 is 6.03 Å². The quantitative estimate of drug-likeness (QED) is 0.703. The normalized spacial score (nSPS) is 25.4. The summed E-state index contributed by atoms with van der Waals surface area (Å²) in [4.78, 5) is 13.2. The average Bonchev–Trinajstić information content (AvgIpc) is 2.11. The predicted octanol–water partition coefficient (Wildman–Crippen LogP) is 0.775. The van der Waals surface area contributed by atoms with Gasteiger partial charge in [-0.05, 0) is 25.2 Å². The molecule has 0 unspecified atom stereocenters. The van der Waals surface area contributed by atoms with Crippen molar-refractivity contribution in [2.24, 2.45) is 11.7 Å². The van der Waals surface area contributed by atoms with Gasteiger partial charge in [0, 0.05) is 26.2 Å². The molecule has 82 valence electrons. The van der Waals surface area contributed by atoms with Crippen LogP contribution in [0.15, 0.2) is 0 Å². The van der Waals surface area contributed by atoms with Crippen LogP contribution < -0.4 is 11.1 Å². The SMILES string of the molecule is CCCNC(=O)N(C)CC1CC(N)C1. The van der Waals surface area contributed by atoms with Crippen LogP contribution >= 0.6 is 0 Å². The summed E-state index contributed by atoms with van der Waals surface area (Å²) in [5.74, 6) is 0.613. The Morgan fingerprint density at radius 2 is 2.21 bits per heavy atom. The molecule has 0 radical (unpaired) electrons. The lowest BCUT2D eigenvalue weighted by Gasteiger charge is -2.35. The molecule has 0 aliphatic heterocycles. The molecule has 0 atom stereocenters. The van der Waals surface area contributed by atoms with E-state index >= 15 is 0 Å². The van der Waals surface area contributed by atoms with E-state index in [4.69, 9.17) is 5.73 Å². The summed E-state index contributed by atoms with van der Waals surface area (Å²) < 4.78 is 0. The van der Waals surface area contributed by atoms with E-state index in [1.165, 1.54) is 0 Å². The molecule has 0 aromatic heterocycles. The van der Waals surface area contributed by atoms with Gasteiger partial charge in [-0.15, -0.1) is 0 Å². The van der Waals surface area contributed by atoms with Gasteiger partial charge in [-0.1, -0.05) is 6.92 Å². The van der Waals surface area contributed by atoms with E-state index in [2.05, 4.69) is 5.32 Å². The maximum Gasteiger partial charge on any atom is 0.317 e. The van der Waals surface area contributed by atoms with Crippen molar-refractivity contribution in [1.82, 2.24) is 10.2 Å². The average molecular weight is 199 g/mol. The van der Waals surface area contributed by atoms with Crippen molar-refractivity contribution in [2.75, 3.05) is 20.1 Å². The van der Waals surface area contributed by atoms with Crippen molar-refractivity contribution >= 4 is 6.03 Å². The first kappa shape index (κ1) is 11.3. The van der Waals surface area contributed by atoms with Crippen LogP contribution in [0.4, 0.5) is 4.79 Å². The van der Waals surface area contributed by atoms with Crippen molar-refractivity contribution in [3.05, 3.63) is 0 Å². The largest absolute Gasteiger partial charge is 0.338 e. The molecule has 4 nitrogen and oxygen atoms in total. The first-order valence-electron chi connectivity index (χ1n) is 5.38. The molecule has 1 saturated carbocycles. The van der Waals surface area contributed by atoms with Crippen molar-refractivity contribution in [2.45, 2.75) is 32.2 Å². The molecule has 0 spiro atoms. The monoisotopic (exact) mass is 199 g/mol. The van der Waals surface area contributed by atoms with Crippen LogP contribution in [-0.2, 0) is 0 Å². The molecule has 0 aromatic carbocycles. The molecule has 1 fully saturated rings. The number of carbonyl (C=O) groups excluding carboxylic acids is 1. The third-order valence-corrected chi connectivity index (χ3v) is 2.68. The van der Waals surface area contributed by atoms with Gasteiger partial charge in [0.2, 0.25) is 0 Å². The second kappa shape index (κ2) is 5.20. The zero-order valence-corrected chi connectivity index (χ0v) is 9.12. The molecule has 14 heavy (non-hydrogen) atoms. The Bertz CT molecular complexity index is 190. The molecular weight excluding hydrogens is 178 g/mol. The second-order valence-electron chi connectivity index (χ2n) is 4.21. The van der Waals surface area contributed by atoms with Crippen LogP contribution in [0.5, 0.6) is 0 Å². The number of rotatable bonds is 4. The Hall–Kier alpha value is -0.770. The van der Waals surface area contributed by atoms with Crippen LogP contribution in [0.25, 0.3) is 0 Å². The molecule has 1 rings (SSSR count). The van der Waals surface area contributed by atoms with Crippen molar-refractivity contribution < 1.29 is 4.79 Å². The van der Waals surface area contributed by atoms with Crippen LogP contribution in [0.1, 0.15) is 26.2 Å². The van der Waals surface area contributed by atoms with E-state index in [0.29, 0.717) is 12.0 Å². The summed E-state index contributed by atoms with van der Waals surface area (Å²) in [5, 5.41) is 2.85. The van der Waals surface area contributed by atoms with Crippen LogP contribution in [0.3, 0.4) is 0 Å². The van der Waals surface area contributed by atoms with E-state index in [9.17, 15) is 4.79 Å². The van der Waals surface area contributed by atoms with E-state index in [1.807, 2.05) is 14.0 Å². The molecule has 3 N–H and O–H groups in total. The number of nitrogens with one attached hydrogen (secondary N) is 1. The minimum Gasteiger partial charge on any atom is -0.338 e. The highest BCUT2D eigenvalue weighted by Gasteiger charge is 2.27. The van der Waals surface area contributed by atoms with Gasteiger partial charge < -0.3 is 16.0 Å². The Morgan fingerprint density at radius 1 is 1.57 bits per heavy atom. The number of hydrogen-bond acceptors (Lipinski definition) is 2. The van der Waals surface area contributed by atoms with Gasteiger partial charge in [0.05, 0.1) is 0 Å². The third-order valence-electron chi connectivity index (χ3n) is 2.68. The Balaban J connectivity index is 2.14. The fourth-order valence-corrected chi connectivity index (χ4v) is 1.77.